The van der Waals surface area contributed by atoms with Crippen LogP contribution >= 0.6 is 0 Å². The Morgan fingerprint density at radius 1 is 1.12 bits per heavy atom. The smallest absolute Gasteiger partial charge is 0.336 e. The molecule has 1 aliphatic heterocycles. The van der Waals surface area contributed by atoms with E-state index in [-0.39, 0.29) is 24.3 Å². The minimum absolute atomic E-state index is 0.0540. The first-order chi connectivity index (χ1) is 15.6. The van der Waals surface area contributed by atoms with Gasteiger partial charge in [0.05, 0.1) is 35.4 Å². The van der Waals surface area contributed by atoms with Gasteiger partial charge >= 0.3 is 6.18 Å². The second kappa shape index (κ2) is 7.15. The number of fused-ring (bicyclic) bond motifs is 2. The van der Waals surface area contributed by atoms with Crippen LogP contribution in [0.5, 0.6) is 0 Å². The highest BCUT2D eigenvalue weighted by Gasteiger charge is 2.36. The molecule has 0 saturated carbocycles. The van der Waals surface area contributed by atoms with Crippen LogP contribution in [0.1, 0.15) is 27.3 Å². The summed E-state index contributed by atoms with van der Waals surface area (Å²) in [7, 11) is 4.84. The summed E-state index contributed by atoms with van der Waals surface area (Å²) in [6, 6.07) is 2.64. The molecule has 172 valence electrons. The lowest BCUT2D eigenvalue weighted by Crippen LogP contribution is -2.36. The molecule has 4 aromatic rings. The predicted molar refractivity (Wildman–Crippen MR) is 110 cm³/mol. The highest BCUT2D eigenvalue weighted by atomic mass is 19.4. The molecule has 0 fully saturated rings. The van der Waals surface area contributed by atoms with Crippen LogP contribution in [0.15, 0.2) is 24.5 Å². The molecule has 12 heteroatoms. The number of hydrogen-bond donors (Lipinski definition) is 0. The third-order valence-electron chi connectivity index (χ3n) is 5.96. The molecule has 0 bridgehead atoms. The van der Waals surface area contributed by atoms with Crippen LogP contribution in [0.25, 0.3) is 22.4 Å². The normalized spacial score (nSPS) is 14.2. The van der Waals surface area contributed by atoms with Gasteiger partial charge in [0.2, 0.25) is 0 Å². The fraction of sp³-hybridized carbons (Fsp3) is 0.333. The van der Waals surface area contributed by atoms with Crippen LogP contribution in [0, 0.1) is 5.82 Å². The SMILES string of the molecule is Cn1nc(C(F)(F)F)cc1-c1c2c(nn1C)CN(C(=O)c1c(F)cnc3c1ccn3C)CC2. The van der Waals surface area contributed by atoms with Gasteiger partial charge in [0.15, 0.2) is 11.5 Å². The number of alkyl halides is 3. The summed E-state index contributed by atoms with van der Waals surface area (Å²) < 4.78 is 58.4. The number of aromatic nitrogens is 6. The molecule has 5 heterocycles. The summed E-state index contributed by atoms with van der Waals surface area (Å²) in [5.74, 6) is -1.19. The number of carbonyl (C=O) groups excluding carboxylic acids is 1. The molecular formula is C21H19F4N7O. The summed E-state index contributed by atoms with van der Waals surface area (Å²) in [5.41, 5.74) is 1.56. The van der Waals surface area contributed by atoms with Crippen LogP contribution in [0.2, 0.25) is 0 Å². The molecule has 0 aliphatic carbocycles. The Labute approximate surface area is 185 Å². The van der Waals surface area contributed by atoms with Crippen LogP contribution in [0.4, 0.5) is 17.6 Å². The van der Waals surface area contributed by atoms with E-state index in [4.69, 9.17) is 0 Å². The van der Waals surface area contributed by atoms with Gasteiger partial charge in [-0.25, -0.2) is 9.37 Å². The lowest BCUT2D eigenvalue weighted by Gasteiger charge is -2.27. The zero-order chi connectivity index (χ0) is 23.7. The second-order valence-corrected chi connectivity index (χ2v) is 8.06. The van der Waals surface area contributed by atoms with Crippen LogP contribution in [-0.4, -0.2) is 46.5 Å². The van der Waals surface area contributed by atoms with Crippen molar-refractivity contribution >= 4 is 16.9 Å². The summed E-state index contributed by atoms with van der Waals surface area (Å²) in [6.07, 6.45) is -1.46. The number of rotatable bonds is 2. The van der Waals surface area contributed by atoms with E-state index in [0.717, 1.165) is 17.8 Å². The molecule has 0 spiro atoms. The molecule has 0 aromatic carbocycles. The van der Waals surface area contributed by atoms with E-state index in [2.05, 4.69) is 15.2 Å². The highest BCUT2D eigenvalue weighted by molar-refractivity contribution is 6.06. The zero-order valence-corrected chi connectivity index (χ0v) is 18.0. The third kappa shape index (κ3) is 3.28. The van der Waals surface area contributed by atoms with Gasteiger partial charge in [-0.05, 0) is 18.6 Å². The van der Waals surface area contributed by atoms with Gasteiger partial charge in [-0.1, -0.05) is 0 Å². The maximum atomic E-state index is 14.6. The van der Waals surface area contributed by atoms with Gasteiger partial charge < -0.3 is 9.47 Å². The van der Waals surface area contributed by atoms with Crippen molar-refractivity contribution in [2.75, 3.05) is 6.54 Å². The average Bonchev–Trinajstić information content (AvgIpc) is 3.41. The molecule has 1 amide bonds. The molecule has 0 saturated heterocycles. The standard InChI is InChI=1S/C21H19F4N7O/c1-29-6-4-12-17(13(22)9-26-19(12)29)20(33)32-7-5-11-14(10-32)27-31(3)18(11)15-8-16(21(23,24)25)28-30(15)2/h4,6,8-9H,5,7,10H2,1-3H3. The quantitative estimate of drug-likeness (QED) is 0.430. The van der Waals surface area contributed by atoms with Crippen LogP contribution in [-0.2, 0) is 40.3 Å². The van der Waals surface area contributed by atoms with Crippen molar-refractivity contribution < 1.29 is 22.4 Å². The number of aryl methyl sites for hydroxylation is 3. The van der Waals surface area contributed by atoms with Crippen molar-refractivity contribution in [1.82, 2.24) is 34.0 Å². The second-order valence-electron chi connectivity index (χ2n) is 8.06. The summed E-state index contributed by atoms with van der Waals surface area (Å²) in [4.78, 5) is 18.8. The maximum absolute atomic E-state index is 14.6. The van der Waals surface area contributed by atoms with Gasteiger partial charge in [-0.15, -0.1) is 0 Å². The molecule has 33 heavy (non-hydrogen) atoms. The van der Waals surface area contributed by atoms with Crippen LogP contribution < -0.4 is 0 Å². The Morgan fingerprint density at radius 2 is 1.88 bits per heavy atom. The van der Waals surface area contributed by atoms with Crippen LogP contribution in [0.3, 0.4) is 0 Å². The Bertz CT molecular complexity index is 1410. The van der Waals surface area contributed by atoms with Crippen molar-refractivity contribution in [3.05, 3.63) is 52.9 Å². The average molecular weight is 461 g/mol. The first-order valence-corrected chi connectivity index (χ1v) is 10.1. The number of hydrogen-bond acceptors (Lipinski definition) is 4. The Morgan fingerprint density at radius 3 is 2.58 bits per heavy atom. The lowest BCUT2D eigenvalue weighted by atomic mass is 10.0. The first kappa shape index (κ1) is 21.2. The number of nitrogens with zero attached hydrogens (tertiary/aromatic N) is 7. The van der Waals surface area contributed by atoms with E-state index >= 15 is 0 Å². The molecule has 0 N–H and O–H groups in total. The van der Waals surface area contributed by atoms with Gasteiger partial charge in [0, 0.05) is 44.8 Å². The molecule has 0 atom stereocenters. The first-order valence-electron chi connectivity index (χ1n) is 10.1. The minimum Gasteiger partial charge on any atom is -0.336 e. The topological polar surface area (TPSA) is 73.8 Å². The van der Waals surface area contributed by atoms with E-state index in [1.54, 1.807) is 30.9 Å². The highest BCUT2D eigenvalue weighted by Crippen LogP contribution is 2.35. The van der Waals surface area contributed by atoms with Gasteiger partial charge in [-0.2, -0.15) is 23.4 Å². The number of carbonyl (C=O) groups is 1. The number of amides is 1. The van der Waals surface area contributed by atoms with Crippen molar-refractivity contribution in [3.63, 3.8) is 0 Å². The molecule has 0 unspecified atom stereocenters. The largest absolute Gasteiger partial charge is 0.435 e. The summed E-state index contributed by atoms with van der Waals surface area (Å²) in [6.45, 7) is 0.382. The summed E-state index contributed by atoms with van der Waals surface area (Å²) >= 11 is 0. The molecule has 4 aromatic heterocycles. The fourth-order valence-corrected chi connectivity index (χ4v) is 4.40. The molecule has 0 radical (unpaired) electrons. The fourth-order valence-electron chi connectivity index (χ4n) is 4.40. The predicted octanol–water partition coefficient (Wildman–Crippen LogP) is 3.06. The molecular weight excluding hydrogens is 442 g/mol. The molecule has 1 aliphatic rings. The van der Waals surface area contributed by atoms with Crippen molar-refractivity contribution in [1.29, 1.82) is 0 Å². The van der Waals surface area contributed by atoms with Gasteiger partial charge in [0.1, 0.15) is 5.65 Å². The minimum atomic E-state index is -4.56. The van der Waals surface area contributed by atoms with Crippen molar-refractivity contribution in [2.45, 2.75) is 19.1 Å². The number of halogens is 4. The number of pyridine rings is 1. The van der Waals surface area contributed by atoms with Gasteiger partial charge in [0.25, 0.3) is 5.91 Å². The maximum Gasteiger partial charge on any atom is 0.435 e. The Hall–Kier alpha value is -3.70. The molecule has 8 nitrogen and oxygen atoms in total. The summed E-state index contributed by atoms with van der Waals surface area (Å²) in [5, 5.41) is 8.45. The monoisotopic (exact) mass is 461 g/mol. The van der Waals surface area contributed by atoms with E-state index in [0.29, 0.717) is 28.8 Å². The van der Waals surface area contributed by atoms with Crippen molar-refractivity contribution in [3.8, 4) is 11.4 Å². The lowest BCUT2D eigenvalue weighted by molar-refractivity contribution is -0.141. The zero-order valence-electron chi connectivity index (χ0n) is 18.0. The van der Waals surface area contributed by atoms with Gasteiger partial charge in [-0.3, -0.25) is 14.2 Å². The Kier molecular flexibility index (Phi) is 4.59. The van der Waals surface area contributed by atoms with Crippen molar-refractivity contribution in [2.24, 2.45) is 21.1 Å². The van der Waals surface area contributed by atoms with E-state index in [1.807, 2.05) is 0 Å². The van der Waals surface area contributed by atoms with E-state index in [9.17, 15) is 22.4 Å². The molecule has 5 rings (SSSR count). The van der Waals surface area contributed by atoms with E-state index < -0.39 is 23.6 Å². The third-order valence-corrected chi connectivity index (χ3v) is 5.96. The Balaban J connectivity index is 1.50. The van der Waals surface area contributed by atoms with E-state index in [1.165, 1.54) is 21.3 Å².